The summed E-state index contributed by atoms with van der Waals surface area (Å²) < 4.78 is 5.22. The molecule has 2 aromatic rings. The third kappa shape index (κ3) is 4.71. The molecule has 24 heavy (non-hydrogen) atoms. The number of halogens is 1. The van der Waals surface area contributed by atoms with Gasteiger partial charge in [0, 0.05) is 29.6 Å². The van der Waals surface area contributed by atoms with Gasteiger partial charge >= 0.3 is 6.03 Å². The van der Waals surface area contributed by atoms with Gasteiger partial charge < -0.3 is 15.2 Å². The number of hydrogen-bond donors (Lipinski definition) is 2. The van der Waals surface area contributed by atoms with Gasteiger partial charge in [-0.25, -0.2) is 4.79 Å². The Morgan fingerprint density at radius 1 is 1.21 bits per heavy atom. The Bertz CT molecular complexity index is 665. The number of hydrogen-bond acceptors (Lipinski definition) is 4. The molecule has 1 heterocycles. The lowest BCUT2D eigenvalue weighted by Gasteiger charge is -2.22. The Morgan fingerprint density at radius 3 is 2.71 bits per heavy atom. The van der Waals surface area contributed by atoms with Crippen molar-refractivity contribution < 1.29 is 9.32 Å². The Morgan fingerprint density at radius 2 is 1.96 bits per heavy atom. The van der Waals surface area contributed by atoms with E-state index < -0.39 is 0 Å². The van der Waals surface area contributed by atoms with E-state index in [2.05, 4.69) is 20.8 Å². The minimum atomic E-state index is -0.126. The van der Waals surface area contributed by atoms with Crippen LogP contribution >= 0.6 is 11.6 Å². The quantitative estimate of drug-likeness (QED) is 0.865. The minimum Gasteiger partial charge on any atom is -0.339 e. The molecule has 1 aliphatic rings. The zero-order valence-electron chi connectivity index (χ0n) is 13.4. The van der Waals surface area contributed by atoms with E-state index in [9.17, 15) is 4.79 Å². The lowest BCUT2D eigenvalue weighted by atomic mass is 9.96. The molecule has 1 aromatic carbocycles. The van der Waals surface area contributed by atoms with Crippen LogP contribution in [0.4, 0.5) is 4.79 Å². The van der Waals surface area contributed by atoms with Crippen LogP contribution in [0.1, 0.15) is 38.0 Å². The maximum Gasteiger partial charge on any atom is 0.315 e. The molecule has 0 saturated heterocycles. The van der Waals surface area contributed by atoms with Crippen LogP contribution in [0.15, 0.2) is 28.8 Å². The molecule has 0 atom stereocenters. The van der Waals surface area contributed by atoms with E-state index in [1.807, 2.05) is 12.1 Å². The molecule has 0 spiro atoms. The standard InChI is InChI=1S/C17H21ClN4O2/c18-13-8-6-12(7-9-13)16-21-15(24-22-16)10-11-19-17(23)20-14-4-2-1-3-5-14/h6-9,14H,1-5,10-11H2,(H2,19,20,23). The molecular weight excluding hydrogens is 328 g/mol. The maximum absolute atomic E-state index is 11.9. The van der Waals surface area contributed by atoms with Crippen LogP contribution in [-0.4, -0.2) is 28.8 Å². The Hall–Kier alpha value is -2.08. The summed E-state index contributed by atoms with van der Waals surface area (Å²) in [5.41, 5.74) is 0.845. The van der Waals surface area contributed by atoms with Crippen LogP contribution in [-0.2, 0) is 6.42 Å². The molecule has 128 valence electrons. The third-order valence-electron chi connectivity index (χ3n) is 4.14. The van der Waals surface area contributed by atoms with E-state index in [1.54, 1.807) is 12.1 Å². The van der Waals surface area contributed by atoms with Gasteiger partial charge in [-0.15, -0.1) is 0 Å². The van der Waals surface area contributed by atoms with Gasteiger partial charge in [0.15, 0.2) is 0 Å². The van der Waals surface area contributed by atoms with Crippen LogP contribution in [0.3, 0.4) is 0 Å². The second-order valence-electron chi connectivity index (χ2n) is 6.00. The normalized spacial score (nSPS) is 15.2. The van der Waals surface area contributed by atoms with Gasteiger partial charge in [0.25, 0.3) is 0 Å². The van der Waals surface area contributed by atoms with Gasteiger partial charge in [0.1, 0.15) is 0 Å². The fourth-order valence-corrected chi connectivity index (χ4v) is 2.96. The molecule has 2 amide bonds. The molecule has 7 heteroatoms. The smallest absolute Gasteiger partial charge is 0.315 e. The van der Waals surface area contributed by atoms with Gasteiger partial charge in [-0.2, -0.15) is 4.98 Å². The highest BCUT2D eigenvalue weighted by atomic mass is 35.5. The zero-order chi connectivity index (χ0) is 16.8. The van der Waals surface area contributed by atoms with Crippen molar-refractivity contribution in [3.63, 3.8) is 0 Å². The van der Waals surface area contributed by atoms with Gasteiger partial charge in [-0.05, 0) is 37.1 Å². The Kier molecular flexibility index (Phi) is 5.69. The lowest BCUT2D eigenvalue weighted by molar-refractivity contribution is 0.232. The molecule has 0 unspecified atom stereocenters. The number of urea groups is 1. The van der Waals surface area contributed by atoms with Crippen molar-refractivity contribution in [2.24, 2.45) is 0 Å². The highest BCUT2D eigenvalue weighted by Crippen LogP contribution is 2.19. The summed E-state index contributed by atoms with van der Waals surface area (Å²) in [4.78, 5) is 16.2. The second-order valence-corrected chi connectivity index (χ2v) is 6.44. The van der Waals surface area contributed by atoms with E-state index in [4.69, 9.17) is 16.1 Å². The number of benzene rings is 1. The highest BCUT2D eigenvalue weighted by Gasteiger charge is 2.15. The summed E-state index contributed by atoms with van der Waals surface area (Å²) in [7, 11) is 0. The van der Waals surface area contributed by atoms with Gasteiger partial charge in [-0.1, -0.05) is 36.0 Å². The number of nitrogens with one attached hydrogen (secondary N) is 2. The molecule has 1 saturated carbocycles. The second kappa shape index (κ2) is 8.15. The first-order valence-corrected chi connectivity index (χ1v) is 8.71. The zero-order valence-corrected chi connectivity index (χ0v) is 14.2. The number of aromatic nitrogens is 2. The Labute approximate surface area is 146 Å². The van der Waals surface area contributed by atoms with Gasteiger partial charge in [0.05, 0.1) is 0 Å². The summed E-state index contributed by atoms with van der Waals surface area (Å²) in [6.07, 6.45) is 6.30. The molecule has 3 rings (SSSR count). The van der Waals surface area contributed by atoms with Crippen LogP contribution in [0.25, 0.3) is 11.4 Å². The van der Waals surface area contributed by atoms with Crippen LogP contribution in [0.5, 0.6) is 0 Å². The number of carbonyl (C=O) groups excluding carboxylic acids is 1. The van der Waals surface area contributed by atoms with E-state index >= 15 is 0 Å². The van der Waals surface area contributed by atoms with E-state index in [0.29, 0.717) is 35.7 Å². The fraction of sp³-hybridized carbons (Fsp3) is 0.471. The van der Waals surface area contributed by atoms with Crippen molar-refractivity contribution in [2.75, 3.05) is 6.54 Å². The molecule has 1 aromatic heterocycles. The predicted octanol–water partition coefficient (Wildman–Crippen LogP) is 3.56. The van der Waals surface area contributed by atoms with Crippen LogP contribution in [0.2, 0.25) is 5.02 Å². The molecule has 0 radical (unpaired) electrons. The Balaban J connectivity index is 1.43. The number of carbonyl (C=O) groups is 1. The van der Waals surface area contributed by atoms with Crippen LogP contribution in [0, 0.1) is 0 Å². The molecular formula is C17H21ClN4O2. The molecule has 6 nitrogen and oxygen atoms in total. The van der Waals surface area contributed by atoms with Crippen molar-refractivity contribution in [1.29, 1.82) is 0 Å². The summed E-state index contributed by atoms with van der Waals surface area (Å²) >= 11 is 5.86. The number of nitrogens with zero attached hydrogens (tertiary/aromatic N) is 2. The summed E-state index contributed by atoms with van der Waals surface area (Å²) in [6, 6.07) is 7.42. The lowest BCUT2D eigenvalue weighted by Crippen LogP contribution is -2.43. The van der Waals surface area contributed by atoms with E-state index in [0.717, 1.165) is 18.4 Å². The average molecular weight is 349 g/mol. The molecule has 2 N–H and O–H groups in total. The topological polar surface area (TPSA) is 80.1 Å². The molecule has 0 aliphatic heterocycles. The van der Waals surface area contributed by atoms with E-state index in [-0.39, 0.29) is 6.03 Å². The first-order valence-electron chi connectivity index (χ1n) is 8.33. The third-order valence-corrected chi connectivity index (χ3v) is 4.39. The van der Waals surface area contributed by atoms with Crippen LogP contribution < -0.4 is 10.6 Å². The molecule has 1 aliphatic carbocycles. The van der Waals surface area contributed by atoms with Gasteiger partial charge in [-0.3, -0.25) is 0 Å². The molecule has 1 fully saturated rings. The number of rotatable bonds is 5. The first kappa shape index (κ1) is 16.8. The van der Waals surface area contributed by atoms with Crippen molar-refractivity contribution in [3.05, 3.63) is 35.2 Å². The maximum atomic E-state index is 11.9. The first-order chi connectivity index (χ1) is 11.7. The number of amides is 2. The average Bonchev–Trinajstić information content (AvgIpc) is 3.05. The summed E-state index contributed by atoms with van der Waals surface area (Å²) in [5.74, 6) is 1.02. The highest BCUT2D eigenvalue weighted by molar-refractivity contribution is 6.30. The van der Waals surface area contributed by atoms with Crippen molar-refractivity contribution in [3.8, 4) is 11.4 Å². The monoisotopic (exact) mass is 348 g/mol. The summed E-state index contributed by atoms with van der Waals surface area (Å²) in [6.45, 7) is 0.459. The fourth-order valence-electron chi connectivity index (χ4n) is 2.84. The predicted molar refractivity (Wildman–Crippen MR) is 91.9 cm³/mol. The largest absolute Gasteiger partial charge is 0.339 e. The van der Waals surface area contributed by atoms with Gasteiger partial charge in [0.2, 0.25) is 11.7 Å². The summed E-state index contributed by atoms with van der Waals surface area (Å²) in [5, 5.41) is 10.5. The minimum absolute atomic E-state index is 0.126. The molecule has 0 bridgehead atoms. The van der Waals surface area contributed by atoms with Crippen molar-refractivity contribution in [2.45, 2.75) is 44.6 Å². The van der Waals surface area contributed by atoms with Crippen molar-refractivity contribution >= 4 is 17.6 Å². The van der Waals surface area contributed by atoms with E-state index in [1.165, 1.54) is 19.3 Å². The SMILES string of the molecule is O=C(NCCc1nc(-c2ccc(Cl)cc2)no1)NC1CCCCC1. The van der Waals surface area contributed by atoms with Crippen molar-refractivity contribution in [1.82, 2.24) is 20.8 Å².